The highest BCUT2D eigenvalue weighted by Crippen LogP contribution is 2.34. The van der Waals surface area contributed by atoms with E-state index >= 15 is 0 Å². The number of hydrogen-bond donors (Lipinski definition) is 0. The van der Waals surface area contributed by atoms with Gasteiger partial charge in [0.2, 0.25) is 5.91 Å². The molecule has 6 nitrogen and oxygen atoms in total. The van der Waals surface area contributed by atoms with Crippen molar-refractivity contribution < 1.29 is 13.2 Å². The van der Waals surface area contributed by atoms with Crippen molar-refractivity contribution in [2.45, 2.75) is 35.9 Å². The molecule has 3 aliphatic rings. The number of carbonyl (C=O) groups is 1. The lowest BCUT2D eigenvalue weighted by molar-refractivity contribution is -0.133. The molecule has 1 aromatic rings. The van der Waals surface area contributed by atoms with Gasteiger partial charge in [-0.2, -0.15) is 4.31 Å². The number of nitrogens with zero attached hydrogens (tertiary/aromatic N) is 3. The van der Waals surface area contributed by atoms with Gasteiger partial charge in [0.15, 0.2) is 0 Å². The summed E-state index contributed by atoms with van der Waals surface area (Å²) in [4.78, 5) is 16.8. The van der Waals surface area contributed by atoms with Crippen LogP contribution in [0.25, 0.3) is 0 Å². The Bertz CT molecular complexity index is 766. The van der Waals surface area contributed by atoms with Crippen LogP contribution in [0, 0.1) is 5.92 Å². The third kappa shape index (κ3) is 4.25. The fourth-order valence-electron chi connectivity index (χ4n) is 3.43. The molecule has 1 saturated heterocycles. The summed E-state index contributed by atoms with van der Waals surface area (Å²) in [6.45, 7) is 3.13. The summed E-state index contributed by atoms with van der Waals surface area (Å²) >= 11 is 6.94. The minimum Gasteiger partial charge on any atom is -0.339 e. The van der Waals surface area contributed by atoms with Crippen LogP contribution < -0.4 is 0 Å². The van der Waals surface area contributed by atoms with Gasteiger partial charge in [-0.15, -0.1) is 11.3 Å². The maximum absolute atomic E-state index is 12.7. The predicted octanol–water partition coefficient (Wildman–Crippen LogP) is 2.11. The number of piperazine rings is 1. The average Bonchev–Trinajstić information content (AvgIpc) is 3.54. The van der Waals surface area contributed by atoms with Crippen molar-refractivity contribution in [3.05, 3.63) is 16.5 Å². The van der Waals surface area contributed by atoms with Crippen LogP contribution in [0.15, 0.2) is 16.3 Å². The SMILES string of the molecule is O=C(CN(CC1CC1)C1CC1)N1CCN(S(=O)(=O)c2ccc(Cl)s2)CC1. The summed E-state index contributed by atoms with van der Waals surface area (Å²) in [6.07, 6.45) is 4.99. The summed E-state index contributed by atoms with van der Waals surface area (Å²) in [5, 5.41) is 0. The number of sulfonamides is 1. The summed E-state index contributed by atoms with van der Waals surface area (Å²) < 4.78 is 27.5. The van der Waals surface area contributed by atoms with E-state index in [0.717, 1.165) is 23.8 Å². The number of carbonyl (C=O) groups excluding carboxylic acids is 1. The second kappa shape index (κ2) is 7.39. The molecular weight excluding hydrogens is 394 g/mol. The van der Waals surface area contributed by atoms with Crippen LogP contribution >= 0.6 is 22.9 Å². The number of thiophene rings is 1. The van der Waals surface area contributed by atoms with E-state index in [1.165, 1.54) is 30.0 Å². The monoisotopic (exact) mass is 417 g/mol. The van der Waals surface area contributed by atoms with Crippen LogP contribution in [0.1, 0.15) is 25.7 Å². The minimum absolute atomic E-state index is 0.133. The van der Waals surface area contributed by atoms with E-state index in [2.05, 4.69) is 4.90 Å². The molecule has 0 atom stereocenters. The van der Waals surface area contributed by atoms with E-state index in [1.807, 2.05) is 4.90 Å². The minimum atomic E-state index is -3.51. The third-order valence-electron chi connectivity index (χ3n) is 5.33. The zero-order valence-electron chi connectivity index (χ0n) is 14.6. The van der Waals surface area contributed by atoms with Crippen LogP contribution in [-0.2, 0) is 14.8 Å². The van der Waals surface area contributed by atoms with E-state index in [1.54, 1.807) is 12.1 Å². The zero-order valence-corrected chi connectivity index (χ0v) is 17.0. The molecule has 1 aromatic heterocycles. The Morgan fingerprint density at radius 2 is 1.85 bits per heavy atom. The Labute approximate surface area is 163 Å². The molecule has 3 fully saturated rings. The second-order valence-corrected chi connectivity index (χ2v) is 11.3. The van der Waals surface area contributed by atoms with E-state index in [-0.39, 0.29) is 10.1 Å². The molecule has 1 amide bonds. The summed E-state index contributed by atoms with van der Waals surface area (Å²) in [5.74, 6) is 0.914. The Morgan fingerprint density at radius 1 is 1.15 bits per heavy atom. The molecule has 144 valence electrons. The number of halogens is 1. The van der Waals surface area contributed by atoms with Gasteiger partial charge in [0, 0.05) is 38.8 Å². The van der Waals surface area contributed by atoms with Gasteiger partial charge in [-0.3, -0.25) is 9.69 Å². The van der Waals surface area contributed by atoms with Crippen LogP contribution in [0.2, 0.25) is 4.34 Å². The first kappa shape index (κ1) is 18.7. The summed E-state index contributed by atoms with van der Waals surface area (Å²) in [7, 11) is -3.51. The quantitative estimate of drug-likeness (QED) is 0.681. The number of rotatable bonds is 7. The Balaban J connectivity index is 1.32. The highest BCUT2D eigenvalue weighted by molar-refractivity contribution is 7.91. The molecule has 0 radical (unpaired) electrons. The predicted molar refractivity (Wildman–Crippen MR) is 102 cm³/mol. The van der Waals surface area contributed by atoms with Crippen LogP contribution in [0.3, 0.4) is 0 Å². The zero-order chi connectivity index (χ0) is 18.3. The largest absolute Gasteiger partial charge is 0.339 e. The normalized spacial score (nSPS) is 22.2. The maximum Gasteiger partial charge on any atom is 0.252 e. The Hall–Kier alpha value is -0.670. The molecule has 0 N–H and O–H groups in total. The first-order chi connectivity index (χ1) is 12.4. The van der Waals surface area contributed by atoms with E-state index in [0.29, 0.717) is 43.1 Å². The fraction of sp³-hybridized carbons (Fsp3) is 0.706. The fourth-order valence-corrected chi connectivity index (χ4v) is 6.49. The molecule has 0 bridgehead atoms. The van der Waals surface area contributed by atoms with Crippen molar-refractivity contribution in [3.8, 4) is 0 Å². The highest BCUT2D eigenvalue weighted by atomic mass is 35.5. The first-order valence-corrected chi connectivity index (χ1v) is 11.8. The molecule has 2 heterocycles. The molecule has 4 rings (SSSR count). The number of amides is 1. The Kier molecular flexibility index (Phi) is 5.31. The van der Waals surface area contributed by atoms with Gasteiger partial charge in [0.25, 0.3) is 10.0 Å². The van der Waals surface area contributed by atoms with Crippen molar-refractivity contribution in [3.63, 3.8) is 0 Å². The molecule has 0 unspecified atom stereocenters. The second-order valence-electron chi connectivity index (χ2n) is 7.45. The summed E-state index contributed by atoms with van der Waals surface area (Å²) in [5.41, 5.74) is 0. The topological polar surface area (TPSA) is 60.9 Å². The third-order valence-corrected chi connectivity index (χ3v) is 8.92. The van der Waals surface area contributed by atoms with E-state index in [9.17, 15) is 13.2 Å². The lowest BCUT2D eigenvalue weighted by Gasteiger charge is -2.35. The van der Waals surface area contributed by atoms with Crippen molar-refractivity contribution in [2.75, 3.05) is 39.3 Å². The smallest absolute Gasteiger partial charge is 0.252 e. The van der Waals surface area contributed by atoms with Gasteiger partial charge < -0.3 is 4.90 Å². The van der Waals surface area contributed by atoms with Gasteiger partial charge in [0.1, 0.15) is 4.21 Å². The molecule has 2 aliphatic carbocycles. The van der Waals surface area contributed by atoms with E-state index < -0.39 is 10.0 Å². The molecule has 0 spiro atoms. The molecular formula is C17H24ClN3O3S2. The number of hydrogen-bond acceptors (Lipinski definition) is 5. The van der Waals surface area contributed by atoms with Crippen molar-refractivity contribution >= 4 is 38.9 Å². The van der Waals surface area contributed by atoms with Crippen LogP contribution in [-0.4, -0.2) is 73.7 Å². The Morgan fingerprint density at radius 3 is 2.38 bits per heavy atom. The van der Waals surface area contributed by atoms with Crippen molar-refractivity contribution in [2.24, 2.45) is 5.92 Å². The van der Waals surface area contributed by atoms with Gasteiger partial charge >= 0.3 is 0 Å². The van der Waals surface area contributed by atoms with E-state index in [4.69, 9.17) is 11.6 Å². The maximum atomic E-state index is 12.7. The molecule has 1 aliphatic heterocycles. The molecule has 9 heteroatoms. The van der Waals surface area contributed by atoms with Gasteiger partial charge in [-0.25, -0.2) is 8.42 Å². The summed E-state index contributed by atoms with van der Waals surface area (Å²) in [6, 6.07) is 3.74. The van der Waals surface area contributed by atoms with Gasteiger partial charge in [-0.05, 0) is 43.7 Å². The molecule has 26 heavy (non-hydrogen) atoms. The van der Waals surface area contributed by atoms with Crippen molar-refractivity contribution in [1.82, 2.24) is 14.1 Å². The molecule has 0 aromatic carbocycles. The molecule has 2 saturated carbocycles. The highest BCUT2D eigenvalue weighted by Gasteiger charge is 2.36. The van der Waals surface area contributed by atoms with Crippen LogP contribution in [0.4, 0.5) is 0 Å². The van der Waals surface area contributed by atoms with Gasteiger partial charge in [0.05, 0.1) is 10.9 Å². The van der Waals surface area contributed by atoms with Crippen LogP contribution in [0.5, 0.6) is 0 Å². The lowest BCUT2D eigenvalue weighted by Crippen LogP contribution is -2.52. The first-order valence-electron chi connectivity index (χ1n) is 9.21. The van der Waals surface area contributed by atoms with Crippen molar-refractivity contribution in [1.29, 1.82) is 0 Å². The average molecular weight is 418 g/mol. The lowest BCUT2D eigenvalue weighted by atomic mass is 10.3. The van der Waals surface area contributed by atoms with Gasteiger partial charge in [-0.1, -0.05) is 11.6 Å². The standard InChI is InChI=1S/C17H24ClN3O3S2/c18-15-5-6-17(25-15)26(23,24)21-9-7-19(8-10-21)16(22)12-20(14-3-4-14)11-13-1-2-13/h5-6,13-14H,1-4,7-12H2.